The van der Waals surface area contributed by atoms with E-state index in [4.69, 9.17) is 79.3 Å². The van der Waals surface area contributed by atoms with Gasteiger partial charge in [0.1, 0.15) is 53.5 Å². The Morgan fingerprint density at radius 3 is 2.20 bits per heavy atom. The monoisotopic (exact) mass is 1880 g/mol. The average molecular weight is 1880 g/mol. The molecule has 6 aromatic heterocycles. The Balaban J connectivity index is 0.512. The maximum Gasteiger partial charge on any atom is 0.329 e. The van der Waals surface area contributed by atoms with Gasteiger partial charge in [-0.15, -0.1) is 10.2 Å². The zero-order valence-corrected chi connectivity index (χ0v) is 79.3. The van der Waals surface area contributed by atoms with Gasteiger partial charge in [0.25, 0.3) is 17.7 Å². The molecular formula is C97H134N20O19. The molecule has 10 heterocycles. The third kappa shape index (κ3) is 27.3. The molecule has 1 saturated carbocycles. The zero-order chi connectivity index (χ0) is 96.4. The fourth-order valence-corrected chi connectivity index (χ4v) is 18.5. The van der Waals surface area contributed by atoms with Crippen LogP contribution in [-0.4, -0.2) is 299 Å². The maximum atomic E-state index is 14.9. The molecule has 2 aromatic carbocycles. The first kappa shape index (κ1) is 102. The van der Waals surface area contributed by atoms with Gasteiger partial charge in [-0.05, 0) is 144 Å². The first-order valence-corrected chi connectivity index (χ1v) is 47.6. The second kappa shape index (κ2) is 49.9. The molecule has 5 aliphatic rings. The van der Waals surface area contributed by atoms with E-state index in [1.54, 1.807) is 56.6 Å². The molecule has 2 bridgehead atoms. The van der Waals surface area contributed by atoms with Crippen LogP contribution in [0, 0.1) is 29.6 Å². The van der Waals surface area contributed by atoms with Crippen molar-refractivity contribution in [2.24, 2.45) is 35.3 Å². The molecule has 0 spiro atoms. The fourth-order valence-electron chi connectivity index (χ4n) is 18.5. The van der Waals surface area contributed by atoms with Gasteiger partial charge in [-0.25, -0.2) is 38.8 Å². The predicted octanol–water partition coefficient (Wildman–Crippen LogP) is 7.91. The van der Waals surface area contributed by atoms with Gasteiger partial charge in [0, 0.05) is 145 Å². The standard InChI is InChI=1S/C97H134N20O19/c1-61-17-10-9-11-18-62(2)81(127-7)53-73-25-22-66(6)97(126,136-73)90(123)93(124)115-30-14-12-21-77(115)94(125)134-82(54-79(118)63(3)48-65(5)88(121)89(122)87(120)64(4)47-61)74(98)49-67-23-26-76(83(50-67)128-8)117-78(57-106-110-117)69-20-16-19-68(51-69)71-55-102-96(103-56-71)113-34-32-112(33-35-113)58-72-59-114(111-108-72)36-38-130-40-42-132-44-46-133-45-43-131-41-39-129-37-28-84(119)101-29-13-15-31-116-92-85(91(99)104-60-105-92)86(109-116)70-24-27-80-75(52-70)107-95(100)135-80/h9-11,16-20,24,27,48,51-52,55-57,59-61,63-64,66-67,73-74,76-77,81-83,88-89,121-122,126H,12-15,21-23,25-26,28-47,49-50,53-54,58,98H2,1-8H3,(H2,100,107)(H,101,119)(H2,99,104,105)/b11-9?,17-10+,62-18?,65-48+/t61?,63?,64?,66-,67?,73+,74?,76?,77?,81?,82?,83-,88?,89+,97-/m1/s1. The van der Waals surface area contributed by atoms with Crippen molar-refractivity contribution < 1.29 is 91.1 Å². The van der Waals surface area contributed by atoms with Gasteiger partial charge in [-0.3, -0.25) is 28.9 Å². The second-order valence-corrected chi connectivity index (χ2v) is 36.4. The van der Waals surface area contributed by atoms with Crippen molar-refractivity contribution in [3.8, 4) is 33.6 Å². The number of methoxy groups -OCH3 is 2. The van der Waals surface area contributed by atoms with E-state index >= 15 is 0 Å². The summed E-state index contributed by atoms with van der Waals surface area (Å²) in [5, 5.41) is 61.2. The minimum atomic E-state index is -2.51. The second-order valence-electron chi connectivity index (χ2n) is 36.4. The smallest absolute Gasteiger partial charge is 0.329 e. The molecule has 15 atom stereocenters. The molecular weight excluding hydrogens is 1750 g/mol. The van der Waals surface area contributed by atoms with E-state index in [-0.39, 0.29) is 86.7 Å². The number of aliphatic hydroxyl groups excluding tert-OH is 2. The van der Waals surface area contributed by atoms with Crippen LogP contribution < -0.4 is 27.4 Å². The van der Waals surface area contributed by atoms with E-state index in [0.717, 1.165) is 83.1 Å². The number of piperidine rings is 1. The summed E-state index contributed by atoms with van der Waals surface area (Å²) in [6.45, 7) is 19.6. The normalized spacial score (nSPS) is 25.7. The van der Waals surface area contributed by atoms with E-state index in [1.165, 1.54) is 19.3 Å². The highest BCUT2D eigenvalue weighted by Crippen LogP contribution is 2.42. The third-order valence-electron chi connectivity index (χ3n) is 26.4. The number of ether oxygens (including phenoxy) is 9. The lowest BCUT2D eigenvalue weighted by Crippen LogP contribution is -2.61. The van der Waals surface area contributed by atoms with Gasteiger partial charge in [0.15, 0.2) is 17.0 Å². The molecule has 4 fully saturated rings. The minimum absolute atomic E-state index is 0.0107. The number of benzene rings is 2. The summed E-state index contributed by atoms with van der Waals surface area (Å²) in [6.07, 6.45) is 19.4. The summed E-state index contributed by atoms with van der Waals surface area (Å²) in [4.78, 5) is 113. The first-order valence-electron chi connectivity index (χ1n) is 47.6. The number of nitrogen functional groups attached to an aromatic ring is 2. The molecule has 39 heteroatoms. The SMILES string of the molecule is COC1C[C@@H]2CC[C@@H](C)[C@@](O)(O2)C(=O)C(=O)N2CCCCC2C(=O)OC(C(N)CC2CCC(n3nncc3-c3cccc(-c4cnc(N5CCN(Cc6cn(CCOCCOCCOCCOCCOCCC(=O)NCCCCn7nc(-c8ccc9oc(N)nc9c8)c8c(N)ncnc87)nn6)CC5)nc4)c3)[C@H](OC)C2)CC(=O)C(C)/C=C(\C)C(O)[C@@H](O)C(=O)C(C)CC(C)/C=C/C=CC=C1C. The Hall–Kier alpha value is -10.9. The van der Waals surface area contributed by atoms with Gasteiger partial charge >= 0.3 is 5.97 Å². The Morgan fingerprint density at radius 1 is 0.721 bits per heavy atom. The van der Waals surface area contributed by atoms with Crippen LogP contribution in [-0.2, 0) is 91.0 Å². The van der Waals surface area contributed by atoms with Crippen molar-refractivity contribution in [3.05, 3.63) is 127 Å². The Bertz CT molecular complexity index is 5400. The van der Waals surface area contributed by atoms with Crippen molar-refractivity contribution in [2.75, 3.05) is 136 Å². The number of ketones is 3. The number of rotatable bonds is 35. The summed E-state index contributed by atoms with van der Waals surface area (Å²) in [5.74, 6) is -8.24. The number of allylic oxidation sites excluding steroid dienone is 6. The lowest BCUT2D eigenvalue weighted by atomic mass is 9.79. The van der Waals surface area contributed by atoms with Gasteiger partial charge in [-0.2, -0.15) is 10.1 Å². The summed E-state index contributed by atoms with van der Waals surface area (Å²) in [6, 6.07) is 11.2. The summed E-state index contributed by atoms with van der Waals surface area (Å²) in [5.41, 5.74) is 27.7. The van der Waals surface area contributed by atoms with Crippen LogP contribution in [0.5, 0.6) is 0 Å². The van der Waals surface area contributed by atoms with Crippen molar-refractivity contribution in [2.45, 2.75) is 218 Å². The predicted molar refractivity (Wildman–Crippen MR) is 504 cm³/mol. The summed E-state index contributed by atoms with van der Waals surface area (Å²) >= 11 is 0. The number of Topliss-reactive ketones (excluding diaryl/α,β-unsaturated/α-hetero) is 3. The quantitative estimate of drug-likeness (QED) is 0.00858. The number of fused-ring (bicyclic) bond motifs is 5. The highest BCUT2D eigenvalue weighted by molar-refractivity contribution is 6.39. The Morgan fingerprint density at radius 2 is 1.46 bits per heavy atom. The molecule has 8 aromatic rings. The van der Waals surface area contributed by atoms with E-state index in [9.17, 15) is 44.1 Å². The van der Waals surface area contributed by atoms with Gasteiger partial charge in [0.05, 0.1) is 120 Å². The fraction of sp³-hybridized carbons (Fsp3) is 0.588. The molecule has 10 unspecified atom stereocenters. The van der Waals surface area contributed by atoms with E-state index in [0.29, 0.717) is 177 Å². The van der Waals surface area contributed by atoms with E-state index in [1.807, 2.05) is 97.8 Å². The van der Waals surface area contributed by atoms with Crippen LogP contribution in [0.3, 0.4) is 0 Å². The molecule has 4 aliphatic heterocycles. The van der Waals surface area contributed by atoms with Crippen LogP contribution in [0.25, 0.3) is 55.8 Å². The number of nitrogens with zero attached hydrogens (tertiary/aromatic N) is 16. The topological polar surface area (TPSA) is 503 Å². The third-order valence-corrected chi connectivity index (χ3v) is 26.4. The largest absolute Gasteiger partial charge is 0.459 e. The summed E-state index contributed by atoms with van der Waals surface area (Å²) in [7, 11) is 3.21. The molecule has 2 amide bonds. The number of hydrogen-bond acceptors (Lipinski definition) is 34. The Labute approximate surface area is 792 Å². The molecule has 736 valence electrons. The van der Waals surface area contributed by atoms with Crippen LogP contribution in [0.1, 0.15) is 150 Å². The number of amides is 2. The number of aryl methyl sites for hydroxylation is 1. The molecule has 10 N–H and O–H groups in total. The first-order chi connectivity index (χ1) is 65.7. The van der Waals surface area contributed by atoms with E-state index < -0.39 is 95.4 Å². The van der Waals surface area contributed by atoms with Crippen molar-refractivity contribution in [1.82, 2.24) is 79.8 Å². The van der Waals surface area contributed by atoms with Gasteiger partial charge < -0.3 is 94.7 Å². The zero-order valence-electron chi connectivity index (χ0n) is 79.3. The average Bonchev–Trinajstić information content (AvgIpc) is 1.71. The summed E-state index contributed by atoms with van der Waals surface area (Å²) < 4.78 is 64.0. The molecule has 13 rings (SSSR count). The molecule has 136 heavy (non-hydrogen) atoms. The number of aliphatic hydroxyl groups is 3. The Kier molecular flexibility index (Phi) is 37.6. The highest BCUT2D eigenvalue weighted by Gasteiger charge is 2.53. The lowest BCUT2D eigenvalue weighted by molar-refractivity contribution is -0.265. The van der Waals surface area contributed by atoms with Gasteiger partial charge in [-0.1, -0.05) is 92.8 Å². The number of anilines is 3. The maximum absolute atomic E-state index is 14.9. The number of nitrogens with one attached hydrogen (secondary N) is 1. The molecule has 3 saturated heterocycles. The van der Waals surface area contributed by atoms with Crippen LogP contribution in [0.4, 0.5) is 17.8 Å². The molecule has 0 radical (unpaired) electrons. The van der Waals surface area contributed by atoms with Crippen LogP contribution in [0.15, 0.2) is 126 Å². The van der Waals surface area contributed by atoms with Crippen molar-refractivity contribution >= 4 is 75.0 Å². The van der Waals surface area contributed by atoms with E-state index in [2.05, 4.69) is 56.8 Å². The number of piperazine rings is 1. The van der Waals surface area contributed by atoms with Gasteiger partial charge in [0.2, 0.25) is 17.6 Å². The number of hydrogen-bond donors (Lipinski definition) is 7. The van der Waals surface area contributed by atoms with Crippen LogP contribution >= 0.6 is 0 Å². The number of unbranched alkanes of at least 4 members (excludes halogenated alkanes) is 1. The number of carbonyl (C=O) groups is 6. The minimum Gasteiger partial charge on any atom is -0.459 e. The number of cyclic esters (lactones) is 1. The lowest BCUT2D eigenvalue weighted by Gasteiger charge is -2.42. The highest BCUT2D eigenvalue weighted by atomic mass is 16.6. The number of carbonyl (C=O) groups excluding carboxylic acids is 6. The van der Waals surface area contributed by atoms with Crippen molar-refractivity contribution in [3.63, 3.8) is 0 Å². The number of nitrogens with two attached hydrogens (primary N) is 3. The number of oxazole rings is 1. The number of esters is 1. The number of aromatic nitrogens is 13. The van der Waals surface area contributed by atoms with Crippen molar-refractivity contribution in [1.29, 1.82) is 0 Å². The molecule has 1 aliphatic carbocycles. The van der Waals surface area contributed by atoms with Crippen LogP contribution in [0.2, 0.25) is 0 Å². The molecule has 39 nitrogen and oxygen atoms in total.